The third-order valence-electron chi connectivity index (χ3n) is 3.73. The topological polar surface area (TPSA) is 57.6 Å². The van der Waals surface area contributed by atoms with E-state index in [1.165, 1.54) is 12.1 Å². The summed E-state index contributed by atoms with van der Waals surface area (Å²) in [5.74, 6) is -1.07. The predicted octanol–water partition coefficient (Wildman–Crippen LogP) is 2.68. The number of likely N-dealkylation sites (tertiary alicyclic amines) is 1. The van der Waals surface area contributed by atoms with Gasteiger partial charge in [0, 0.05) is 31.1 Å². The summed E-state index contributed by atoms with van der Waals surface area (Å²) in [7, 11) is 0. The Hall–Kier alpha value is -2.17. The van der Waals surface area contributed by atoms with Gasteiger partial charge in [0.2, 0.25) is 5.91 Å². The molecule has 0 spiro atoms. The molecule has 21 heavy (non-hydrogen) atoms. The third kappa shape index (κ3) is 3.90. The Kier molecular flexibility index (Phi) is 4.73. The molecular weight excluding hydrogens is 273 g/mol. The van der Waals surface area contributed by atoms with Crippen molar-refractivity contribution in [3.63, 3.8) is 0 Å². The van der Waals surface area contributed by atoms with Crippen molar-refractivity contribution in [2.24, 2.45) is 5.92 Å². The van der Waals surface area contributed by atoms with Crippen molar-refractivity contribution in [3.8, 4) is 0 Å². The molecule has 1 N–H and O–H groups in total. The van der Waals surface area contributed by atoms with Crippen LogP contribution in [0.3, 0.4) is 0 Å². The van der Waals surface area contributed by atoms with E-state index in [1.54, 1.807) is 17.0 Å². The number of carbonyl (C=O) groups is 2. The molecule has 1 aromatic rings. The molecule has 0 bridgehead atoms. The van der Waals surface area contributed by atoms with E-state index in [2.05, 4.69) is 0 Å². The number of aliphatic carboxylic acids is 1. The fourth-order valence-corrected chi connectivity index (χ4v) is 2.45. The highest BCUT2D eigenvalue weighted by Gasteiger charge is 2.28. The standard InChI is InChI=1S/C16H18FNO3/c1-2-11-8-15(19)18(9-11)10-13-5-3-12(7-14(13)17)4-6-16(20)21/h3-7,11H,2,8-10H2,1H3,(H,20,21)/b6-4+. The number of nitrogens with zero attached hydrogens (tertiary/aromatic N) is 1. The maximum Gasteiger partial charge on any atom is 0.328 e. The van der Waals surface area contributed by atoms with Crippen LogP contribution >= 0.6 is 0 Å². The van der Waals surface area contributed by atoms with E-state index in [1.807, 2.05) is 6.92 Å². The van der Waals surface area contributed by atoms with Gasteiger partial charge in [-0.25, -0.2) is 9.18 Å². The van der Waals surface area contributed by atoms with Gasteiger partial charge in [-0.1, -0.05) is 25.5 Å². The van der Waals surface area contributed by atoms with E-state index in [9.17, 15) is 14.0 Å². The second kappa shape index (κ2) is 6.52. The van der Waals surface area contributed by atoms with Crippen LogP contribution in [-0.4, -0.2) is 28.4 Å². The zero-order valence-corrected chi connectivity index (χ0v) is 11.9. The summed E-state index contributed by atoms with van der Waals surface area (Å²) >= 11 is 0. The highest BCUT2D eigenvalue weighted by Crippen LogP contribution is 2.23. The Balaban J connectivity index is 2.08. The van der Waals surface area contributed by atoms with Gasteiger partial charge in [0.05, 0.1) is 0 Å². The van der Waals surface area contributed by atoms with Crippen LogP contribution in [0.25, 0.3) is 6.08 Å². The molecule has 0 radical (unpaired) electrons. The van der Waals surface area contributed by atoms with Gasteiger partial charge in [0.1, 0.15) is 5.82 Å². The van der Waals surface area contributed by atoms with E-state index < -0.39 is 11.8 Å². The second-order valence-electron chi connectivity index (χ2n) is 5.28. The van der Waals surface area contributed by atoms with E-state index in [4.69, 9.17) is 5.11 Å². The first-order chi connectivity index (χ1) is 9.99. The highest BCUT2D eigenvalue weighted by atomic mass is 19.1. The van der Waals surface area contributed by atoms with Crippen LogP contribution < -0.4 is 0 Å². The number of carbonyl (C=O) groups excluding carboxylic acids is 1. The van der Waals surface area contributed by atoms with Crippen LogP contribution in [0.2, 0.25) is 0 Å². The number of hydrogen-bond acceptors (Lipinski definition) is 2. The SMILES string of the molecule is CCC1CC(=O)N(Cc2ccc(/C=C/C(=O)O)cc2F)C1. The first-order valence-corrected chi connectivity index (χ1v) is 6.96. The van der Waals surface area contributed by atoms with Crippen LogP contribution in [0.5, 0.6) is 0 Å². The van der Waals surface area contributed by atoms with Gasteiger partial charge >= 0.3 is 5.97 Å². The molecule has 0 aromatic heterocycles. The van der Waals surface area contributed by atoms with E-state index >= 15 is 0 Å². The minimum absolute atomic E-state index is 0.0658. The van der Waals surface area contributed by atoms with Gasteiger partial charge in [0.15, 0.2) is 0 Å². The van der Waals surface area contributed by atoms with Crippen LogP contribution in [0.4, 0.5) is 4.39 Å². The number of amides is 1. The van der Waals surface area contributed by atoms with E-state index in [0.29, 0.717) is 30.0 Å². The lowest BCUT2D eigenvalue weighted by Crippen LogP contribution is -2.25. The lowest BCUT2D eigenvalue weighted by Gasteiger charge is -2.17. The lowest BCUT2D eigenvalue weighted by atomic mass is 10.1. The molecule has 1 heterocycles. The molecule has 1 aliphatic rings. The average Bonchev–Trinajstić information content (AvgIpc) is 2.80. The minimum Gasteiger partial charge on any atom is -0.478 e. The average molecular weight is 291 g/mol. The molecule has 1 fully saturated rings. The highest BCUT2D eigenvalue weighted by molar-refractivity contribution is 5.85. The molecule has 2 rings (SSSR count). The zero-order valence-electron chi connectivity index (χ0n) is 11.9. The monoisotopic (exact) mass is 291 g/mol. The Bertz CT molecular complexity index is 583. The number of carboxylic acids is 1. The van der Waals surface area contributed by atoms with Crippen LogP contribution in [0.15, 0.2) is 24.3 Å². The molecule has 5 heteroatoms. The van der Waals surface area contributed by atoms with Gasteiger partial charge in [-0.15, -0.1) is 0 Å². The molecular formula is C16H18FNO3. The molecule has 1 unspecified atom stereocenters. The molecule has 0 saturated carbocycles. The Morgan fingerprint density at radius 3 is 2.86 bits per heavy atom. The fourth-order valence-electron chi connectivity index (χ4n) is 2.45. The number of benzene rings is 1. The summed E-state index contributed by atoms with van der Waals surface area (Å²) in [5, 5.41) is 8.54. The predicted molar refractivity (Wildman–Crippen MR) is 76.9 cm³/mol. The first kappa shape index (κ1) is 15.2. The molecule has 112 valence electrons. The Morgan fingerprint density at radius 1 is 1.52 bits per heavy atom. The van der Waals surface area contributed by atoms with Crippen LogP contribution in [0.1, 0.15) is 30.9 Å². The van der Waals surface area contributed by atoms with E-state index in [0.717, 1.165) is 12.5 Å². The van der Waals surface area contributed by atoms with Crippen LogP contribution in [0, 0.1) is 11.7 Å². The number of hydrogen-bond donors (Lipinski definition) is 1. The molecule has 1 saturated heterocycles. The molecule has 1 aliphatic heterocycles. The van der Waals surface area contributed by atoms with Gasteiger partial charge in [-0.3, -0.25) is 4.79 Å². The van der Waals surface area contributed by atoms with Crippen molar-refractivity contribution >= 4 is 18.0 Å². The van der Waals surface area contributed by atoms with Crippen molar-refractivity contribution in [2.45, 2.75) is 26.3 Å². The maximum absolute atomic E-state index is 14.0. The Morgan fingerprint density at radius 2 is 2.29 bits per heavy atom. The van der Waals surface area contributed by atoms with Gasteiger partial charge < -0.3 is 10.0 Å². The van der Waals surface area contributed by atoms with Crippen molar-refractivity contribution in [3.05, 3.63) is 41.2 Å². The van der Waals surface area contributed by atoms with Crippen molar-refractivity contribution in [2.75, 3.05) is 6.54 Å². The smallest absolute Gasteiger partial charge is 0.328 e. The molecule has 1 amide bonds. The summed E-state index contributed by atoms with van der Waals surface area (Å²) in [4.78, 5) is 23.9. The maximum atomic E-state index is 14.0. The number of rotatable bonds is 5. The molecule has 1 aromatic carbocycles. The van der Waals surface area contributed by atoms with Crippen molar-refractivity contribution in [1.82, 2.24) is 4.90 Å². The number of halogens is 1. The zero-order chi connectivity index (χ0) is 15.4. The number of carboxylic acid groups (broad SMARTS) is 1. The van der Waals surface area contributed by atoms with Crippen LogP contribution in [-0.2, 0) is 16.1 Å². The lowest BCUT2D eigenvalue weighted by molar-refractivity contribution is -0.131. The quantitative estimate of drug-likeness (QED) is 0.849. The first-order valence-electron chi connectivity index (χ1n) is 6.96. The minimum atomic E-state index is -1.08. The normalized spacial score (nSPS) is 18.7. The van der Waals surface area contributed by atoms with Crippen molar-refractivity contribution < 1.29 is 19.1 Å². The fraction of sp³-hybridized carbons (Fsp3) is 0.375. The second-order valence-corrected chi connectivity index (χ2v) is 5.28. The summed E-state index contributed by atoms with van der Waals surface area (Å²) in [6.45, 7) is 2.99. The summed E-state index contributed by atoms with van der Waals surface area (Å²) < 4.78 is 14.0. The Labute approximate surface area is 122 Å². The molecule has 0 aliphatic carbocycles. The third-order valence-corrected chi connectivity index (χ3v) is 3.73. The summed E-state index contributed by atoms with van der Waals surface area (Å²) in [6.07, 6.45) is 3.79. The summed E-state index contributed by atoms with van der Waals surface area (Å²) in [5.41, 5.74) is 0.936. The largest absolute Gasteiger partial charge is 0.478 e. The molecule has 1 atom stereocenters. The van der Waals surface area contributed by atoms with Gasteiger partial charge in [0.25, 0.3) is 0 Å². The summed E-state index contributed by atoms with van der Waals surface area (Å²) in [6, 6.07) is 4.53. The van der Waals surface area contributed by atoms with Crippen molar-refractivity contribution in [1.29, 1.82) is 0 Å². The van der Waals surface area contributed by atoms with Gasteiger partial charge in [-0.2, -0.15) is 0 Å². The van der Waals surface area contributed by atoms with E-state index in [-0.39, 0.29) is 12.5 Å². The molecule has 4 nitrogen and oxygen atoms in total. The van der Waals surface area contributed by atoms with Gasteiger partial charge in [-0.05, 0) is 23.6 Å².